The van der Waals surface area contributed by atoms with Crippen LogP contribution in [0.4, 0.5) is 5.95 Å². The number of para-hydroxylation sites is 1. The van der Waals surface area contributed by atoms with Gasteiger partial charge < -0.3 is 15.2 Å². The molecule has 1 aromatic carbocycles. The predicted octanol–water partition coefficient (Wildman–Crippen LogP) is 2.53. The molecule has 0 aliphatic carbocycles. The molecule has 0 saturated carbocycles. The van der Waals surface area contributed by atoms with Gasteiger partial charge in [0.25, 0.3) is 0 Å². The van der Waals surface area contributed by atoms with Crippen molar-refractivity contribution in [3.05, 3.63) is 23.8 Å². The minimum Gasteiger partial charge on any atom is -0.353 e. The average Bonchev–Trinajstić information content (AvgIpc) is 2.79. The van der Waals surface area contributed by atoms with Crippen LogP contribution in [0.3, 0.4) is 0 Å². The SMILES string of the molecule is CCn1c(NC2CCNCC2)nc2c(C)cccc21. The lowest BCUT2D eigenvalue weighted by molar-refractivity contribution is 0.475. The number of piperidine rings is 1. The zero-order chi connectivity index (χ0) is 13.2. The summed E-state index contributed by atoms with van der Waals surface area (Å²) in [5, 5.41) is 7.03. The topological polar surface area (TPSA) is 41.9 Å². The van der Waals surface area contributed by atoms with Gasteiger partial charge in [-0.25, -0.2) is 4.98 Å². The molecular weight excluding hydrogens is 236 g/mol. The molecule has 1 aromatic heterocycles. The molecule has 0 radical (unpaired) electrons. The molecule has 1 aliphatic rings. The maximum absolute atomic E-state index is 4.81. The van der Waals surface area contributed by atoms with Crippen LogP contribution in [0.15, 0.2) is 18.2 Å². The molecule has 1 aliphatic heterocycles. The van der Waals surface area contributed by atoms with Crippen LogP contribution in [0.25, 0.3) is 11.0 Å². The molecule has 4 nitrogen and oxygen atoms in total. The van der Waals surface area contributed by atoms with Gasteiger partial charge in [0.2, 0.25) is 5.95 Å². The van der Waals surface area contributed by atoms with E-state index in [0.29, 0.717) is 6.04 Å². The van der Waals surface area contributed by atoms with Crippen LogP contribution in [-0.2, 0) is 6.54 Å². The van der Waals surface area contributed by atoms with E-state index in [1.54, 1.807) is 0 Å². The number of nitrogens with zero attached hydrogens (tertiary/aromatic N) is 2. The molecule has 0 unspecified atom stereocenters. The fraction of sp³-hybridized carbons (Fsp3) is 0.533. The second-order valence-corrected chi connectivity index (χ2v) is 5.29. The van der Waals surface area contributed by atoms with Crippen LogP contribution in [0.1, 0.15) is 25.3 Å². The average molecular weight is 258 g/mol. The molecule has 0 atom stereocenters. The molecule has 1 fully saturated rings. The van der Waals surface area contributed by atoms with Crippen LogP contribution in [-0.4, -0.2) is 28.7 Å². The van der Waals surface area contributed by atoms with Gasteiger partial charge in [0.15, 0.2) is 0 Å². The lowest BCUT2D eigenvalue weighted by atomic mass is 10.1. The Morgan fingerprint density at radius 2 is 2.16 bits per heavy atom. The number of anilines is 1. The highest BCUT2D eigenvalue weighted by molar-refractivity contribution is 5.81. The van der Waals surface area contributed by atoms with Crippen LogP contribution in [0, 0.1) is 6.92 Å². The molecule has 1 saturated heterocycles. The van der Waals surface area contributed by atoms with E-state index in [0.717, 1.165) is 31.1 Å². The van der Waals surface area contributed by atoms with Crippen molar-refractivity contribution >= 4 is 17.0 Å². The number of aromatic nitrogens is 2. The standard InChI is InChI=1S/C15H22N4/c1-3-19-13-6-4-5-11(2)14(13)18-15(19)17-12-7-9-16-10-8-12/h4-6,12,16H,3,7-10H2,1-2H3,(H,17,18). The van der Waals surface area contributed by atoms with Crippen LogP contribution >= 0.6 is 0 Å². The maximum atomic E-state index is 4.81. The van der Waals surface area contributed by atoms with Crippen molar-refractivity contribution in [1.82, 2.24) is 14.9 Å². The van der Waals surface area contributed by atoms with Crippen molar-refractivity contribution in [2.24, 2.45) is 0 Å². The molecule has 0 spiro atoms. The summed E-state index contributed by atoms with van der Waals surface area (Å²) < 4.78 is 2.28. The summed E-state index contributed by atoms with van der Waals surface area (Å²) in [6, 6.07) is 6.94. The Hall–Kier alpha value is -1.55. The quantitative estimate of drug-likeness (QED) is 0.889. The molecule has 0 bridgehead atoms. The lowest BCUT2D eigenvalue weighted by Gasteiger charge is -2.24. The van der Waals surface area contributed by atoms with Crippen molar-refractivity contribution in [2.45, 2.75) is 39.3 Å². The summed E-state index contributed by atoms with van der Waals surface area (Å²) in [5.41, 5.74) is 3.61. The zero-order valence-corrected chi connectivity index (χ0v) is 11.7. The molecule has 2 N–H and O–H groups in total. The minimum atomic E-state index is 0.545. The van der Waals surface area contributed by atoms with Crippen LogP contribution in [0.5, 0.6) is 0 Å². The molecular formula is C15H22N4. The third-order valence-electron chi connectivity index (χ3n) is 3.97. The van der Waals surface area contributed by atoms with Crippen molar-refractivity contribution < 1.29 is 0 Å². The zero-order valence-electron chi connectivity index (χ0n) is 11.7. The molecule has 3 rings (SSSR count). The van der Waals surface area contributed by atoms with Crippen molar-refractivity contribution in [1.29, 1.82) is 0 Å². The van der Waals surface area contributed by atoms with E-state index in [-0.39, 0.29) is 0 Å². The Kier molecular flexibility index (Phi) is 3.42. The fourth-order valence-corrected chi connectivity index (χ4v) is 2.87. The Labute approximate surface area is 114 Å². The molecule has 4 heteroatoms. The van der Waals surface area contributed by atoms with E-state index in [1.165, 1.54) is 23.9 Å². The van der Waals surface area contributed by atoms with Crippen molar-refractivity contribution in [2.75, 3.05) is 18.4 Å². The Morgan fingerprint density at radius 1 is 1.37 bits per heavy atom. The van der Waals surface area contributed by atoms with E-state index in [4.69, 9.17) is 4.98 Å². The highest BCUT2D eigenvalue weighted by Gasteiger charge is 2.17. The van der Waals surface area contributed by atoms with Gasteiger partial charge in [-0.05, 0) is 51.4 Å². The normalized spacial score (nSPS) is 16.9. The summed E-state index contributed by atoms with van der Waals surface area (Å²) in [7, 11) is 0. The molecule has 2 aromatic rings. The Balaban J connectivity index is 1.95. The molecule has 19 heavy (non-hydrogen) atoms. The van der Waals surface area contributed by atoms with E-state index in [1.807, 2.05) is 0 Å². The highest BCUT2D eigenvalue weighted by Crippen LogP contribution is 2.23. The summed E-state index contributed by atoms with van der Waals surface area (Å²) in [4.78, 5) is 4.81. The summed E-state index contributed by atoms with van der Waals surface area (Å²) >= 11 is 0. The number of hydrogen-bond acceptors (Lipinski definition) is 3. The second kappa shape index (κ2) is 5.21. The number of imidazole rings is 1. The number of aryl methyl sites for hydroxylation is 2. The smallest absolute Gasteiger partial charge is 0.204 e. The van der Waals surface area contributed by atoms with E-state index >= 15 is 0 Å². The summed E-state index contributed by atoms with van der Waals surface area (Å²) in [5.74, 6) is 1.03. The lowest BCUT2D eigenvalue weighted by Crippen LogP contribution is -2.36. The summed E-state index contributed by atoms with van der Waals surface area (Å²) in [6.45, 7) is 7.46. The van der Waals surface area contributed by atoms with E-state index in [2.05, 4.69) is 47.2 Å². The molecule has 102 valence electrons. The first-order chi connectivity index (χ1) is 9.29. The van der Waals surface area contributed by atoms with Crippen LogP contribution in [0.2, 0.25) is 0 Å². The minimum absolute atomic E-state index is 0.545. The number of rotatable bonds is 3. The van der Waals surface area contributed by atoms with Gasteiger partial charge in [-0.3, -0.25) is 0 Å². The Bertz CT molecular complexity index is 567. The van der Waals surface area contributed by atoms with Gasteiger partial charge in [-0.2, -0.15) is 0 Å². The number of nitrogens with one attached hydrogen (secondary N) is 2. The predicted molar refractivity (Wildman–Crippen MR) is 79.7 cm³/mol. The maximum Gasteiger partial charge on any atom is 0.204 e. The number of fused-ring (bicyclic) bond motifs is 1. The van der Waals surface area contributed by atoms with E-state index < -0.39 is 0 Å². The van der Waals surface area contributed by atoms with Gasteiger partial charge in [0.1, 0.15) is 0 Å². The molecule has 2 heterocycles. The first-order valence-corrected chi connectivity index (χ1v) is 7.22. The van der Waals surface area contributed by atoms with Gasteiger partial charge in [-0.1, -0.05) is 12.1 Å². The van der Waals surface area contributed by atoms with Crippen molar-refractivity contribution in [3.8, 4) is 0 Å². The van der Waals surface area contributed by atoms with Gasteiger partial charge in [0.05, 0.1) is 11.0 Å². The third-order valence-corrected chi connectivity index (χ3v) is 3.97. The monoisotopic (exact) mass is 258 g/mol. The highest BCUT2D eigenvalue weighted by atomic mass is 15.2. The first-order valence-electron chi connectivity index (χ1n) is 7.22. The third kappa shape index (κ3) is 2.32. The fourth-order valence-electron chi connectivity index (χ4n) is 2.87. The van der Waals surface area contributed by atoms with Crippen LogP contribution < -0.4 is 10.6 Å². The van der Waals surface area contributed by atoms with Gasteiger partial charge in [0, 0.05) is 12.6 Å². The largest absolute Gasteiger partial charge is 0.353 e. The van der Waals surface area contributed by atoms with Gasteiger partial charge >= 0.3 is 0 Å². The van der Waals surface area contributed by atoms with Gasteiger partial charge in [-0.15, -0.1) is 0 Å². The first kappa shape index (κ1) is 12.5. The van der Waals surface area contributed by atoms with E-state index in [9.17, 15) is 0 Å². The number of hydrogen-bond donors (Lipinski definition) is 2. The Morgan fingerprint density at radius 3 is 2.89 bits per heavy atom. The molecule has 0 amide bonds. The summed E-state index contributed by atoms with van der Waals surface area (Å²) in [6.07, 6.45) is 2.35. The number of benzene rings is 1. The van der Waals surface area contributed by atoms with Crippen molar-refractivity contribution in [3.63, 3.8) is 0 Å². The second-order valence-electron chi connectivity index (χ2n) is 5.29.